The van der Waals surface area contributed by atoms with E-state index in [1.807, 2.05) is 6.92 Å². The Hall–Kier alpha value is -1.26. The summed E-state index contributed by atoms with van der Waals surface area (Å²) in [4.78, 5) is 17.0. The number of hydrogen-bond donors (Lipinski definition) is 0. The largest absolute Gasteiger partial charge is 0.300 e. The molecular formula is C17H25FN2O. The Balaban J connectivity index is 2.00. The van der Waals surface area contributed by atoms with Gasteiger partial charge in [0, 0.05) is 37.6 Å². The van der Waals surface area contributed by atoms with E-state index in [0.717, 1.165) is 19.6 Å². The number of Topliss-reactive ketones (excluding diaryl/α,β-unsaturated/α-hetero) is 1. The first-order chi connectivity index (χ1) is 9.81. The lowest BCUT2D eigenvalue weighted by molar-refractivity contribution is 0.0326. The zero-order chi connectivity index (χ0) is 15.6. The maximum absolute atomic E-state index is 13.7. The lowest BCUT2D eigenvalue weighted by atomic mass is 9.95. The number of likely N-dealkylation sites (N-methyl/N-ethyl adjacent to an activating group) is 1. The SMILES string of the molecule is CC(CN1CCN(C)C(C)(C)C1)C(=O)c1ccccc1F. The standard InChI is InChI=1S/C17H25FN2O/c1-13(16(21)14-7-5-6-8-15(14)18)11-20-10-9-19(4)17(2,3)12-20/h5-8,13H,9-12H2,1-4H3. The molecule has 4 heteroatoms. The minimum absolute atomic E-state index is 0.107. The van der Waals surface area contributed by atoms with Crippen molar-refractivity contribution in [1.29, 1.82) is 0 Å². The maximum atomic E-state index is 13.7. The molecule has 1 aliphatic rings. The normalized spacial score (nSPS) is 21.2. The van der Waals surface area contributed by atoms with Crippen molar-refractivity contribution in [3.05, 3.63) is 35.6 Å². The van der Waals surface area contributed by atoms with E-state index in [1.54, 1.807) is 18.2 Å². The van der Waals surface area contributed by atoms with Crippen LogP contribution in [0, 0.1) is 11.7 Å². The fraction of sp³-hybridized carbons (Fsp3) is 0.588. The van der Waals surface area contributed by atoms with E-state index in [2.05, 4.69) is 30.7 Å². The van der Waals surface area contributed by atoms with Crippen LogP contribution in [0.15, 0.2) is 24.3 Å². The molecule has 116 valence electrons. The molecule has 0 bridgehead atoms. The molecule has 1 aromatic carbocycles. The molecule has 0 N–H and O–H groups in total. The van der Waals surface area contributed by atoms with Gasteiger partial charge in [-0.3, -0.25) is 14.6 Å². The van der Waals surface area contributed by atoms with E-state index in [1.165, 1.54) is 6.07 Å². The number of carbonyl (C=O) groups is 1. The Morgan fingerprint density at radius 3 is 2.62 bits per heavy atom. The molecule has 0 radical (unpaired) electrons. The number of carbonyl (C=O) groups excluding carboxylic acids is 1. The minimum Gasteiger partial charge on any atom is -0.300 e. The van der Waals surface area contributed by atoms with Gasteiger partial charge in [-0.05, 0) is 33.0 Å². The van der Waals surface area contributed by atoms with Gasteiger partial charge < -0.3 is 0 Å². The first kappa shape index (κ1) is 16.1. The Morgan fingerprint density at radius 1 is 1.33 bits per heavy atom. The number of piperazine rings is 1. The van der Waals surface area contributed by atoms with Gasteiger partial charge in [-0.1, -0.05) is 19.1 Å². The van der Waals surface area contributed by atoms with Crippen LogP contribution in [-0.4, -0.2) is 54.3 Å². The van der Waals surface area contributed by atoms with Crippen molar-refractivity contribution < 1.29 is 9.18 Å². The van der Waals surface area contributed by atoms with Crippen molar-refractivity contribution in [3.63, 3.8) is 0 Å². The van der Waals surface area contributed by atoms with E-state index in [0.29, 0.717) is 6.54 Å². The number of benzene rings is 1. The quantitative estimate of drug-likeness (QED) is 0.797. The number of halogens is 1. The summed E-state index contributed by atoms with van der Waals surface area (Å²) < 4.78 is 13.7. The molecule has 1 unspecified atom stereocenters. The summed E-state index contributed by atoms with van der Waals surface area (Å²) in [6.45, 7) is 9.87. The molecule has 0 spiro atoms. The fourth-order valence-corrected chi connectivity index (χ4v) is 2.89. The molecule has 1 atom stereocenters. The molecule has 0 aliphatic carbocycles. The summed E-state index contributed by atoms with van der Waals surface area (Å²) in [5.74, 6) is -0.723. The van der Waals surface area contributed by atoms with E-state index in [4.69, 9.17) is 0 Å². The van der Waals surface area contributed by atoms with Crippen LogP contribution < -0.4 is 0 Å². The first-order valence-electron chi connectivity index (χ1n) is 7.53. The maximum Gasteiger partial charge on any atom is 0.169 e. The monoisotopic (exact) mass is 292 g/mol. The van der Waals surface area contributed by atoms with Gasteiger partial charge in [-0.2, -0.15) is 0 Å². The highest BCUT2D eigenvalue weighted by molar-refractivity contribution is 5.98. The number of ketones is 1. The second-order valence-electron chi connectivity index (χ2n) is 6.71. The van der Waals surface area contributed by atoms with E-state index in [-0.39, 0.29) is 22.8 Å². The highest BCUT2D eigenvalue weighted by Crippen LogP contribution is 2.21. The number of hydrogen-bond acceptors (Lipinski definition) is 3. The molecule has 1 fully saturated rings. The highest BCUT2D eigenvalue weighted by atomic mass is 19.1. The van der Waals surface area contributed by atoms with Crippen LogP contribution in [0.25, 0.3) is 0 Å². The van der Waals surface area contributed by atoms with Gasteiger partial charge >= 0.3 is 0 Å². The Kier molecular flexibility index (Phi) is 4.79. The average Bonchev–Trinajstić information content (AvgIpc) is 2.42. The molecule has 2 rings (SSSR count). The molecule has 0 saturated carbocycles. The van der Waals surface area contributed by atoms with Crippen molar-refractivity contribution in [1.82, 2.24) is 9.80 Å². The summed E-state index contributed by atoms with van der Waals surface area (Å²) in [7, 11) is 2.13. The van der Waals surface area contributed by atoms with E-state index >= 15 is 0 Å². The van der Waals surface area contributed by atoms with Gasteiger partial charge in [0.05, 0.1) is 5.56 Å². The van der Waals surface area contributed by atoms with Gasteiger partial charge in [0.2, 0.25) is 0 Å². The minimum atomic E-state index is -0.423. The molecule has 0 aromatic heterocycles. The summed E-state index contributed by atoms with van der Waals surface area (Å²) in [6.07, 6.45) is 0. The van der Waals surface area contributed by atoms with Gasteiger partial charge in [0.15, 0.2) is 5.78 Å². The van der Waals surface area contributed by atoms with Crippen molar-refractivity contribution in [2.75, 3.05) is 33.2 Å². The van der Waals surface area contributed by atoms with Gasteiger partial charge in [-0.25, -0.2) is 4.39 Å². The summed E-state index contributed by atoms with van der Waals surface area (Å²) in [6, 6.07) is 6.24. The summed E-state index contributed by atoms with van der Waals surface area (Å²) in [5, 5.41) is 0. The van der Waals surface area contributed by atoms with Crippen LogP contribution in [0.3, 0.4) is 0 Å². The lowest BCUT2D eigenvalue weighted by Gasteiger charge is -2.45. The highest BCUT2D eigenvalue weighted by Gasteiger charge is 2.32. The van der Waals surface area contributed by atoms with Gasteiger partial charge in [0.1, 0.15) is 5.82 Å². The van der Waals surface area contributed by atoms with Crippen LogP contribution in [0.2, 0.25) is 0 Å². The van der Waals surface area contributed by atoms with E-state index < -0.39 is 5.82 Å². The second-order valence-corrected chi connectivity index (χ2v) is 6.71. The van der Waals surface area contributed by atoms with E-state index in [9.17, 15) is 9.18 Å². The molecule has 1 saturated heterocycles. The van der Waals surface area contributed by atoms with Gasteiger partial charge in [-0.15, -0.1) is 0 Å². The zero-order valence-electron chi connectivity index (χ0n) is 13.4. The van der Waals surface area contributed by atoms with Crippen molar-refractivity contribution in [2.45, 2.75) is 26.3 Å². The molecular weight excluding hydrogens is 267 g/mol. The molecule has 0 amide bonds. The van der Waals surface area contributed by atoms with Crippen molar-refractivity contribution in [3.8, 4) is 0 Å². The fourth-order valence-electron chi connectivity index (χ4n) is 2.89. The Bertz CT molecular complexity index is 515. The molecule has 1 aliphatic heterocycles. The van der Waals surface area contributed by atoms with Crippen molar-refractivity contribution in [2.24, 2.45) is 5.92 Å². The first-order valence-corrected chi connectivity index (χ1v) is 7.53. The van der Waals surface area contributed by atoms with Crippen molar-refractivity contribution >= 4 is 5.78 Å². The number of nitrogens with zero attached hydrogens (tertiary/aromatic N) is 2. The predicted octanol–water partition coefficient (Wildman–Crippen LogP) is 2.67. The molecule has 21 heavy (non-hydrogen) atoms. The lowest BCUT2D eigenvalue weighted by Crippen LogP contribution is -2.58. The van der Waals surface area contributed by atoms with Crippen LogP contribution in [0.4, 0.5) is 4.39 Å². The Morgan fingerprint density at radius 2 is 2.00 bits per heavy atom. The topological polar surface area (TPSA) is 23.6 Å². The summed E-state index contributed by atoms with van der Waals surface area (Å²) in [5.41, 5.74) is 0.317. The second kappa shape index (κ2) is 6.24. The molecule has 1 aromatic rings. The van der Waals surface area contributed by atoms with Gasteiger partial charge in [0.25, 0.3) is 0 Å². The third-order valence-corrected chi connectivity index (χ3v) is 4.51. The molecule has 1 heterocycles. The Labute approximate surface area is 126 Å². The van der Waals surface area contributed by atoms with Crippen LogP contribution >= 0.6 is 0 Å². The third-order valence-electron chi connectivity index (χ3n) is 4.51. The van der Waals surface area contributed by atoms with Crippen LogP contribution in [0.1, 0.15) is 31.1 Å². The third kappa shape index (κ3) is 3.69. The predicted molar refractivity (Wildman–Crippen MR) is 83.0 cm³/mol. The smallest absolute Gasteiger partial charge is 0.169 e. The van der Waals surface area contributed by atoms with Crippen LogP contribution in [0.5, 0.6) is 0 Å². The average molecular weight is 292 g/mol. The molecule has 3 nitrogen and oxygen atoms in total. The van der Waals surface area contributed by atoms with Crippen LogP contribution in [-0.2, 0) is 0 Å². The summed E-state index contributed by atoms with van der Waals surface area (Å²) >= 11 is 0. The number of rotatable bonds is 4. The zero-order valence-corrected chi connectivity index (χ0v) is 13.4.